The molecule has 0 bridgehead atoms. The van der Waals surface area contributed by atoms with Crippen molar-refractivity contribution in [2.24, 2.45) is 0 Å². The Hall–Kier alpha value is -3.64. The first-order valence-electron chi connectivity index (χ1n) is 9.92. The number of fused-ring (bicyclic) bond motifs is 1. The molecule has 0 spiro atoms. The van der Waals surface area contributed by atoms with Crippen LogP contribution in [0.1, 0.15) is 32.7 Å². The van der Waals surface area contributed by atoms with E-state index >= 15 is 0 Å². The van der Waals surface area contributed by atoms with Gasteiger partial charge in [-0.05, 0) is 43.7 Å². The van der Waals surface area contributed by atoms with Crippen molar-refractivity contribution in [2.75, 3.05) is 4.72 Å². The predicted molar refractivity (Wildman–Crippen MR) is 120 cm³/mol. The lowest BCUT2D eigenvalue weighted by Gasteiger charge is -2.15. The summed E-state index contributed by atoms with van der Waals surface area (Å²) < 4.78 is 68.9. The normalized spacial score (nSPS) is 12.2. The number of carbonyl (C=O) groups is 1. The number of halogens is 4. The number of pyridine rings is 2. The molecule has 3 heterocycles. The zero-order valence-electron chi connectivity index (χ0n) is 18.1. The maximum atomic E-state index is 13.5. The maximum Gasteiger partial charge on any atom is 0.416 e. The summed E-state index contributed by atoms with van der Waals surface area (Å²) in [4.78, 5) is 19.6. The van der Waals surface area contributed by atoms with Gasteiger partial charge in [-0.1, -0.05) is 22.4 Å². The van der Waals surface area contributed by atoms with Gasteiger partial charge in [0.15, 0.2) is 0 Å². The molecule has 3 aromatic heterocycles. The number of aryl methyl sites for hydroxylation is 2. The Bertz CT molecular complexity index is 1600. The quantitative estimate of drug-likeness (QED) is 0.203. The molecule has 1 aromatic carbocycles. The van der Waals surface area contributed by atoms with Crippen LogP contribution in [0.25, 0.3) is 11.0 Å². The second kappa shape index (κ2) is 8.54. The van der Waals surface area contributed by atoms with Gasteiger partial charge in [0.2, 0.25) is 5.78 Å². The highest BCUT2D eigenvalue weighted by Crippen LogP contribution is 2.34. The van der Waals surface area contributed by atoms with Gasteiger partial charge in [-0.3, -0.25) is 9.52 Å². The lowest BCUT2D eigenvalue weighted by atomic mass is 10.00. The molecule has 3 N–H and O–H groups in total. The number of rotatable bonds is 5. The van der Waals surface area contributed by atoms with Crippen LogP contribution in [0, 0.1) is 13.8 Å². The van der Waals surface area contributed by atoms with Crippen molar-refractivity contribution in [3.63, 3.8) is 0 Å². The van der Waals surface area contributed by atoms with Crippen LogP contribution in [-0.4, -0.2) is 29.4 Å². The molecule has 35 heavy (non-hydrogen) atoms. The van der Waals surface area contributed by atoms with Crippen LogP contribution in [0.3, 0.4) is 0 Å². The summed E-state index contributed by atoms with van der Waals surface area (Å²) >= 11 is 5.98. The number of alkyl halides is 3. The molecule has 0 radical (unpaired) electrons. The summed E-state index contributed by atoms with van der Waals surface area (Å²) in [6.45, 7) is 2.78. The number of nitrogens with zero attached hydrogens (tertiary/aromatic N) is 2. The molecule has 4 aromatic rings. The molecule has 0 saturated heterocycles. The third kappa shape index (κ3) is 4.54. The van der Waals surface area contributed by atoms with Crippen LogP contribution >= 0.6 is 11.6 Å². The minimum absolute atomic E-state index is 0.0103. The summed E-state index contributed by atoms with van der Waals surface area (Å²) in [5.74, 6) is -0.693. The van der Waals surface area contributed by atoms with E-state index in [9.17, 15) is 31.6 Å². The van der Waals surface area contributed by atoms with Gasteiger partial charge in [0, 0.05) is 17.3 Å². The molecule has 0 atom stereocenters. The Morgan fingerprint density at radius 2 is 1.89 bits per heavy atom. The number of ketones is 1. The molecule has 0 aliphatic rings. The smallest absolute Gasteiger partial charge is 0.350 e. The minimum Gasteiger partial charge on any atom is -0.350 e. The Kier molecular flexibility index (Phi) is 5.97. The first-order valence-corrected chi connectivity index (χ1v) is 11.8. The van der Waals surface area contributed by atoms with E-state index in [0.717, 1.165) is 29.1 Å². The molecular weight excluding hydrogens is 509 g/mol. The highest BCUT2D eigenvalue weighted by atomic mass is 35.5. The highest BCUT2D eigenvalue weighted by Gasteiger charge is 2.34. The van der Waals surface area contributed by atoms with Crippen molar-refractivity contribution < 1.29 is 36.3 Å². The predicted octanol–water partition coefficient (Wildman–Crippen LogP) is 4.41. The second-order valence-corrected chi connectivity index (χ2v) is 9.85. The fraction of sp³-hybridized carbons (Fsp3) is 0.136. The molecule has 13 heteroatoms. The van der Waals surface area contributed by atoms with E-state index in [0.29, 0.717) is 17.0 Å². The van der Waals surface area contributed by atoms with Gasteiger partial charge < -0.3 is 5.21 Å². The first-order chi connectivity index (χ1) is 16.3. The highest BCUT2D eigenvalue weighted by molar-refractivity contribution is 7.92. The second-order valence-electron chi connectivity index (χ2n) is 7.73. The number of aromatic nitrogens is 3. The number of benzene rings is 1. The van der Waals surface area contributed by atoms with E-state index in [1.807, 2.05) is 0 Å². The molecule has 0 aliphatic carbocycles. The van der Waals surface area contributed by atoms with E-state index in [2.05, 4.69) is 14.7 Å². The number of hydrogen-bond acceptors (Lipinski definition) is 5. The SMILES string of the molecule is Cc1ccc(S(=O)(=O)Nc2cc(Cl)cnc2C(=O)c2c(C)c[n+](O)c3[nH]ccc23)cc1C(F)(F)F. The number of carbonyl (C=O) groups excluding carboxylic acids is 1. The topological polar surface area (TPSA) is 116 Å². The molecule has 0 amide bonds. The largest absolute Gasteiger partial charge is 0.416 e. The number of anilines is 1. The lowest BCUT2D eigenvalue weighted by molar-refractivity contribution is -0.886. The van der Waals surface area contributed by atoms with E-state index in [1.165, 1.54) is 19.3 Å². The maximum absolute atomic E-state index is 13.5. The molecule has 0 fully saturated rings. The number of sulfonamides is 1. The van der Waals surface area contributed by atoms with Crippen molar-refractivity contribution in [2.45, 2.75) is 24.9 Å². The summed E-state index contributed by atoms with van der Waals surface area (Å²) in [5.41, 5.74) is -1.18. The fourth-order valence-corrected chi connectivity index (χ4v) is 4.91. The van der Waals surface area contributed by atoms with Crippen molar-refractivity contribution in [1.29, 1.82) is 0 Å². The Morgan fingerprint density at radius 1 is 1.17 bits per heavy atom. The number of nitrogens with one attached hydrogen (secondary N) is 2. The van der Waals surface area contributed by atoms with E-state index in [4.69, 9.17) is 11.6 Å². The van der Waals surface area contributed by atoms with E-state index in [-0.39, 0.29) is 33.2 Å². The average Bonchev–Trinajstić information content (AvgIpc) is 3.23. The van der Waals surface area contributed by atoms with Crippen LogP contribution < -0.4 is 9.45 Å². The van der Waals surface area contributed by atoms with Crippen LogP contribution in [0.4, 0.5) is 18.9 Å². The fourth-order valence-electron chi connectivity index (χ4n) is 3.67. The van der Waals surface area contributed by atoms with Crippen LogP contribution in [-0.2, 0) is 16.2 Å². The summed E-state index contributed by atoms with van der Waals surface area (Å²) in [6, 6.07) is 5.27. The van der Waals surface area contributed by atoms with Crippen molar-refractivity contribution in [3.8, 4) is 0 Å². The van der Waals surface area contributed by atoms with Gasteiger partial charge in [-0.25, -0.2) is 18.4 Å². The minimum atomic E-state index is -4.76. The average molecular weight is 526 g/mol. The summed E-state index contributed by atoms with van der Waals surface area (Å²) in [5, 5.41) is 10.4. The summed E-state index contributed by atoms with van der Waals surface area (Å²) in [6.07, 6.45) is -0.831. The van der Waals surface area contributed by atoms with Crippen molar-refractivity contribution in [3.05, 3.63) is 81.9 Å². The number of H-pyrrole nitrogens is 1. The molecule has 0 saturated carbocycles. The van der Waals surface area contributed by atoms with Gasteiger partial charge in [-0.15, -0.1) is 0 Å². The molecular formula is C22H17ClF3N4O4S+. The number of aromatic amines is 1. The molecule has 0 unspecified atom stereocenters. The first kappa shape index (κ1) is 24.5. The Labute approximate surface area is 202 Å². The van der Waals surface area contributed by atoms with Crippen LogP contribution in [0.15, 0.2) is 53.8 Å². The van der Waals surface area contributed by atoms with Crippen LogP contribution in [0.2, 0.25) is 5.02 Å². The van der Waals surface area contributed by atoms with Crippen molar-refractivity contribution >= 4 is 44.1 Å². The molecule has 0 aliphatic heterocycles. The zero-order valence-corrected chi connectivity index (χ0v) is 19.7. The lowest BCUT2D eigenvalue weighted by Crippen LogP contribution is -2.32. The van der Waals surface area contributed by atoms with Gasteiger partial charge in [0.05, 0.1) is 32.8 Å². The molecule has 8 nitrogen and oxygen atoms in total. The monoisotopic (exact) mass is 525 g/mol. The van der Waals surface area contributed by atoms with Crippen LogP contribution in [0.5, 0.6) is 0 Å². The van der Waals surface area contributed by atoms with E-state index < -0.39 is 32.4 Å². The third-order valence-corrected chi connectivity index (χ3v) is 6.87. The van der Waals surface area contributed by atoms with Gasteiger partial charge in [-0.2, -0.15) is 13.2 Å². The zero-order chi connectivity index (χ0) is 25.7. The number of hydrogen-bond donors (Lipinski definition) is 3. The van der Waals surface area contributed by atoms with E-state index in [1.54, 1.807) is 13.0 Å². The summed E-state index contributed by atoms with van der Waals surface area (Å²) in [7, 11) is -4.57. The van der Waals surface area contributed by atoms with Gasteiger partial charge in [0.25, 0.3) is 10.0 Å². The third-order valence-electron chi connectivity index (χ3n) is 5.30. The van der Waals surface area contributed by atoms with Gasteiger partial charge >= 0.3 is 11.8 Å². The molecule has 4 rings (SSSR count). The molecule has 182 valence electrons. The van der Waals surface area contributed by atoms with Crippen molar-refractivity contribution in [1.82, 2.24) is 9.97 Å². The Balaban J connectivity index is 1.81. The van der Waals surface area contributed by atoms with Gasteiger partial charge in [0.1, 0.15) is 11.9 Å². The Morgan fingerprint density at radius 3 is 2.57 bits per heavy atom. The standard InChI is InChI=1S/C22H16ClF3N4O4S/c1-11-3-4-14(8-16(11)22(24,25)26)35(33,34)29-17-7-13(23)9-28-19(17)20(31)18-12(2)10-30(32)21-15(18)5-6-27-21/h3-10,32H,1-2H3,(H,29,31)/p+1.